The molecule has 3 rings (SSSR count). The maximum Gasteiger partial charge on any atom is 0.242 e. The van der Waals surface area contributed by atoms with Crippen LogP contribution < -0.4 is 15.4 Å². The van der Waals surface area contributed by atoms with Crippen LogP contribution in [0.5, 0.6) is 5.88 Å². The lowest BCUT2D eigenvalue weighted by molar-refractivity contribution is 0.306. The van der Waals surface area contributed by atoms with Gasteiger partial charge in [-0.25, -0.2) is 9.37 Å². The highest BCUT2D eigenvalue weighted by Gasteiger charge is 2.25. The van der Waals surface area contributed by atoms with E-state index in [1.165, 1.54) is 18.5 Å². The van der Waals surface area contributed by atoms with Gasteiger partial charge in [-0.15, -0.1) is 0 Å². The summed E-state index contributed by atoms with van der Waals surface area (Å²) in [5.74, 6) is 0.683. The average molecular weight is 288 g/mol. The minimum atomic E-state index is -0.268. The summed E-state index contributed by atoms with van der Waals surface area (Å²) in [6, 6.07) is 4.79. The van der Waals surface area contributed by atoms with Crippen LogP contribution in [-0.4, -0.2) is 23.1 Å². The van der Waals surface area contributed by atoms with Gasteiger partial charge in [0.25, 0.3) is 0 Å². The van der Waals surface area contributed by atoms with Gasteiger partial charge in [0.2, 0.25) is 5.88 Å². The molecule has 2 N–H and O–H groups in total. The molecule has 2 heterocycles. The molecule has 0 amide bonds. The number of nitrogen functional groups attached to an aromatic ring is 1. The molecule has 0 aliphatic carbocycles. The Labute approximate surface area is 122 Å². The van der Waals surface area contributed by atoms with Crippen LogP contribution in [0.3, 0.4) is 0 Å². The van der Waals surface area contributed by atoms with Crippen LogP contribution in [0.4, 0.5) is 21.6 Å². The molecule has 1 aromatic heterocycles. The molecule has 0 fully saturated rings. The molecular formula is C15H17FN4O. The van der Waals surface area contributed by atoms with Gasteiger partial charge in [-0.1, -0.05) is 13.0 Å². The van der Waals surface area contributed by atoms with E-state index in [9.17, 15) is 4.39 Å². The fourth-order valence-electron chi connectivity index (χ4n) is 2.47. The van der Waals surface area contributed by atoms with Crippen molar-refractivity contribution in [3.63, 3.8) is 0 Å². The van der Waals surface area contributed by atoms with E-state index in [1.54, 1.807) is 6.07 Å². The first-order valence-electron chi connectivity index (χ1n) is 7.00. The number of hydrogen-bond donors (Lipinski definition) is 1. The number of halogens is 1. The zero-order valence-corrected chi connectivity index (χ0v) is 11.8. The fraction of sp³-hybridized carbons (Fsp3) is 0.333. The molecule has 21 heavy (non-hydrogen) atoms. The largest absolute Gasteiger partial charge is 0.476 e. The van der Waals surface area contributed by atoms with Crippen molar-refractivity contribution in [1.82, 2.24) is 9.97 Å². The maximum absolute atomic E-state index is 13.5. The predicted octanol–water partition coefficient (Wildman–Crippen LogP) is 2.68. The topological polar surface area (TPSA) is 64.3 Å². The predicted molar refractivity (Wildman–Crippen MR) is 79.3 cm³/mol. The molecule has 0 bridgehead atoms. The normalized spacial score (nSPS) is 13.3. The van der Waals surface area contributed by atoms with Crippen molar-refractivity contribution in [2.45, 2.75) is 19.8 Å². The number of nitrogens with zero attached hydrogens (tertiary/aromatic N) is 3. The van der Waals surface area contributed by atoms with Crippen molar-refractivity contribution in [2.24, 2.45) is 0 Å². The van der Waals surface area contributed by atoms with Gasteiger partial charge in [0.05, 0.1) is 6.61 Å². The van der Waals surface area contributed by atoms with Gasteiger partial charge in [0.15, 0.2) is 5.82 Å². The van der Waals surface area contributed by atoms with Crippen molar-refractivity contribution >= 4 is 17.2 Å². The lowest BCUT2D eigenvalue weighted by atomic mass is 10.2. The Balaban J connectivity index is 1.98. The van der Waals surface area contributed by atoms with Gasteiger partial charge in [0, 0.05) is 12.2 Å². The van der Waals surface area contributed by atoms with Gasteiger partial charge >= 0.3 is 0 Å². The van der Waals surface area contributed by atoms with Crippen molar-refractivity contribution in [2.75, 3.05) is 23.8 Å². The molecule has 0 saturated heterocycles. The zero-order valence-electron chi connectivity index (χ0n) is 11.8. The summed E-state index contributed by atoms with van der Waals surface area (Å²) in [5.41, 5.74) is 8.40. The Bertz CT molecular complexity index is 662. The lowest BCUT2D eigenvalue weighted by Crippen LogP contribution is -2.18. The highest BCUT2D eigenvalue weighted by atomic mass is 19.1. The molecule has 1 aliphatic rings. The van der Waals surface area contributed by atoms with Crippen LogP contribution in [-0.2, 0) is 6.42 Å². The summed E-state index contributed by atoms with van der Waals surface area (Å²) in [6.07, 6.45) is 3.13. The summed E-state index contributed by atoms with van der Waals surface area (Å²) in [4.78, 5) is 10.2. The molecule has 110 valence electrons. The Hall–Kier alpha value is -2.37. The second-order valence-electron chi connectivity index (χ2n) is 4.94. The van der Waals surface area contributed by atoms with E-state index < -0.39 is 0 Å². The highest BCUT2D eigenvalue weighted by Crippen LogP contribution is 2.38. The molecule has 6 heteroatoms. The van der Waals surface area contributed by atoms with Gasteiger partial charge in [-0.05, 0) is 30.5 Å². The summed E-state index contributed by atoms with van der Waals surface area (Å²) >= 11 is 0. The molecule has 0 radical (unpaired) electrons. The molecule has 1 aromatic carbocycles. The Morgan fingerprint density at radius 3 is 3.05 bits per heavy atom. The molecule has 1 aliphatic heterocycles. The highest BCUT2D eigenvalue weighted by molar-refractivity contribution is 5.77. The van der Waals surface area contributed by atoms with E-state index in [4.69, 9.17) is 10.5 Å². The van der Waals surface area contributed by atoms with Crippen LogP contribution in [0.15, 0.2) is 24.5 Å². The zero-order chi connectivity index (χ0) is 14.8. The monoisotopic (exact) mass is 288 g/mol. The third kappa shape index (κ3) is 2.49. The van der Waals surface area contributed by atoms with E-state index in [0.29, 0.717) is 30.5 Å². The van der Waals surface area contributed by atoms with E-state index in [1.807, 2.05) is 11.8 Å². The van der Waals surface area contributed by atoms with Crippen LogP contribution in [0.1, 0.15) is 18.9 Å². The molecule has 2 aromatic rings. The number of rotatable bonds is 4. The number of ether oxygens (including phenoxy) is 1. The van der Waals surface area contributed by atoms with Crippen LogP contribution in [0.25, 0.3) is 0 Å². The quantitative estimate of drug-likeness (QED) is 0.937. The number of nitrogens with two attached hydrogens (primary N) is 1. The number of anilines is 3. The van der Waals surface area contributed by atoms with Crippen molar-refractivity contribution in [3.05, 3.63) is 35.9 Å². The minimum Gasteiger partial charge on any atom is -0.476 e. The number of hydrogen-bond acceptors (Lipinski definition) is 5. The lowest BCUT2D eigenvalue weighted by Gasteiger charge is -2.20. The Morgan fingerprint density at radius 2 is 2.24 bits per heavy atom. The van der Waals surface area contributed by atoms with E-state index >= 15 is 0 Å². The molecule has 0 saturated carbocycles. The standard InChI is InChI=1S/C15H17FN4O/c1-2-7-21-15-13(17)14(18-9-19-15)20-6-5-10-3-4-11(16)8-12(10)20/h3-4,8-9H,2,5-7,17H2,1H3. The number of aromatic nitrogens is 2. The fourth-order valence-corrected chi connectivity index (χ4v) is 2.47. The van der Waals surface area contributed by atoms with Gasteiger partial charge in [0.1, 0.15) is 17.8 Å². The SMILES string of the molecule is CCCOc1ncnc(N2CCc3ccc(F)cc32)c1N. The molecule has 0 unspecified atom stereocenters. The Morgan fingerprint density at radius 1 is 1.38 bits per heavy atom. The summed E-state index contributed by atoms with van der Waals surface area (Å²) in [7, 11) is 0. The minimum absolute atomic E-state index is 0.268. The third-order valence-electron chi connectivity index (χ3n) is 3.47. The summed E-state index contributed by atoms with van der Waals surface area (Å²) in [6.45, 7) is 3.27. The number of fused-ring (bicyclic) bond motifs is 1. The first kappa shape index (κ1) is 13.6. The first-order chi connectivity index (χ1) is 10.2. The summed E-state index contributed by atoms with van der Waals surface area (Å²) < 4.78 is 19.0. The maximum atomic E-state index is 13.5. The summed E-state index contributed by atoms with van der Waals surface area (Å²) in [5, 5.41) is 0. The van der Waals surface area contributed by atoms with Crippen molar-refractivity contribution < 1.29 is 9.13 Å². The van der Waals surface area contributed by atoms with Crippen LogP contribution in [0.2, 0.25) is 0 Å². The van der Waals surface area contributed by atoms with E-state index in [0.717, 1.165) is 24.1 Å². The molecule has 0 atom stereocenters. The first-order valence-corrected chi connectivity index (χ1v) is 7.00. The smallest absolute Gasteiger partial charge is 0.242 e. The molecule has 5 nitrogen and oxygen atoms in total. The van der Waals surface area contributed by atoms with Gasteiger partial charge in [-0.2, -0.15) is 4.98 Å². The van der Waals surface area contributed by atoms with E-state index in [2.05, 4.69) is 9.97 Å². The Kier molecular flexibility index (Phi) is 3.60. The van der Waals surface area contributed by atoms with Gasteiger partial charge < -0.3 is 15.4 Å². The molecular weight excluding hydrogens is 271 g/mol. The number of benzene rings is 1. The van der Waals surface area contributed by atoms with Crippen LogP contribution in [0, 0.1) is 5.82 Å². The second-order valence-corrected chi connectivity index (χ2v) is 4.94. The van der Waals surface area contributed by atoms with Crippen molar-refractivity contribution in [3.8, 4) is 5.88 Å². The average Bonchev–Trinajstić information content (AvgIpc) is 2.89. The van der Waals surface area contributed by atoms with Gasteiger partial charge in [-0.3, -0.25) is 0 Å². The van der Waals surface area contributed by atoms with Crippen LogP contribution >= 0.6 is 0 Å². The molecule has 0 spiro atoms. The van der Waals surface area contributed by atoms with Crippen molar-refractivity contribution in [1.29, 1.82) is 0 Å². The second kappa shape index (κ2) is 5.55. The van der Waals surface area contributed by atoms with E-state index in [-0.39, 0.29) is 5.82 Å². The third-order valence-corrected chi connectivity index (χ3v) is 3.47.